The van der Waals surface area contributed by atoms with E-state index in [1.807, 2.05) is 13.0 Å². The summed E-state index contributed by atoms with van der Waals surface area (Å²) in [5.41, 5.74) is 6.54. The second-order valence-corrected chi connectivity index (χ2v) is 7.79. The zero-order valence-electron chi connectivity index (χ0n) is 17.1. The highest BCUT2D eigenvalue weighted by molar-refractivity contribution is 6.30. The third-order valence-electron chi connectivity index (χ3n) is 5.20. The van der Waals surface area contributed by atoms with Crippen molar-refractivity contribution in [3.63, 3.8) is 0 Å². The number of nitrogens with one attached hydrogen (secondary N) is 1. The van der Waals surface area contributed by atoms with Gasteiger partial charge in [-0.15, -0.1) is 0 Å². The number of para-hydroxylation sites is 1. The van der Waals surface area contributed by atoms with Gasteiger partial charge in [0.1, 0.15) is 5.82 Å². The Balaban J connectivity index is 1.88. The maximum absolute atomic E-state index is 13.3. The number of nitrogens with zero attached hydrogens (tertiary/aromatic N) is 2. The zero-order valence-corrected chi connectivity index (χ0v) is 17.9. The molecule has 1 atom stereocenters. The summed E-state index contributed by atoms with van der Waals surface area (Å²) in [7, 11) is 0. The van der Waals surface area contributed by atoms with E-state index < -0.39 is 0 Å². The zero-order chi connectivity index (χ0) is 21.5. The number of benzene rings is 2. The number of nitrogens with two attached hydrogens (primary N) is 1. The lowest BCUT2D eigenvalue weighted by atomic mass is 10.1. The largest absolute Gasteiger partial charge is 0.330 e. The highest BCUT2D eigenvalue weighted by Gasteiger charge is 2.24. The Morgan fingerprint density at radius 1 is 1.10 bits per heavy atom. The maximum Gasteiger partial charge on any atom is 0.258 e. The minimum atomic E-state index is -0.389. The van der Waals surface area contributed by atoms with Gasteiger partial charge in [0.2, 0.25) is 0 Å². The van der Waals surface area contributed by atoms with E-state index in [0.717, 1.165) is 25.7 Å². The second-order valence-electron chi connectivity index (χ2n) is 7.35. The van der Waals surface area contributed by atoms with Crippen LogP contribution in [0, 0.1) is 0 Å². The van der Waals surface area contributed by atoms with E-state index in [9.17, 15) is 9.59 Å². The van der Waals surface area contributed by atoms with Gasteiger partial charge in [-0.3, -0.25) is 9.59 Å². The molecule has 0 aliphatic rings. The van der Waals surface area contributed by atoms with Crippen molar-refractivity contribution >= 4 is 28.4 Å². The fourth-order valence-corrected chi connectivity index (χ4v) is 3.59. The summed E-state index contributed by atoms with van der Waals surface area (Å²) in [5.74, 6) is 0.358. The van der Waals surface area contributed by atoms with Crippen LogP contribution < -0.4 is 11.3 Å². The van der Waals surface area contributed by atoms with Gasteiger partial charge in [0.25, 0.3) is 11.5 Å². The van der Waals surface area contributed by atoms with E-state index in [0.29, 0.717) is 40.4 Å². The normalized spacial score (nSPS) is 12.1. The van der Waals surface area contributed by atoms with Gasteiger partial charge in [-0.1, -0.05) is 36.6 Å². The van der Waals surface area contributed by atoms with Crippen LogP contribution in [0.2, 0.25) is 5.02 Å². The molecule has 1 heterocycles. The van der Waals surface area contributed by atoms with Gasteiger partial charge >= 0.3 is 0 Å². The molecule has 30 heavy (non-hydrogen) atoms. The molecular formula is C23H27ClN4O2. The number of unbranched alkanes of at least 4 members (excludes halogenated alkanes) is 3. The lowest BCUT2D eigenvalue weighted by Crippen LogP contribution is -2.36. The molecule has 3 rings (SSSR count). The Kier molecular flexibility index (Phi) is 7.60. The van der Waals surface area contributed by atoms with E-state index in [-0.39, 0.29) is 17.5 Å². The molecule has 7 heteroatoms. The molecule has 0 saturated carbocycles. The second kappa shape index (κ2) is 10.4. The van der Waals surface area contributed by atoms with Crippen LogP contribution in [0.25, 0.3) is 10.9 Å². The number of H-pyrrole nitrogens is 1. The van der Waals surface area contributed by atoms with Gasteiger partial charge in [0.05, 0.1) is 16.9 Å². The number of aromatic amines is 1. The molecule has 1 aromatic heterocycles. The van der Waals surface area contributed by atoms with Crippen LogP contribution in [-0.2, 0) is 0 Å². The summed E-state index contributed by atoms with van der Waals surface area (Å²) >= 11 is 5.97. The molecule has 0 aliphatic carbocycles. The maximum atomic E-state index is 13.3. The third-order valence-corrected chi connectivity index (χ3v) is 5.45. The number of amides is 1. The van der Waals surface area contributed by atoms with Crippen LogP contribution in [0.1, 0.15) is 54.8 Å². The molecule has 3 N–H and O–H groups in total. The fourth-order valence-electron chi connectivity index (χ4n) is 3.46. The average Bonchev–Trinajstić information content (AvgIpc) is 2.76. The summed E-state index contributed by atoms with van der Waals surface area (Å²) in [5, 5.41) is 1.11. The predicted octanol–water partition coefficient (Wildman–Crippen LogP) is 4.30. The van der Waals surface area contributed by atoms with E-state index in [2.05, 4.69) is 9.97 Å². The van der Waals surface area contributed by atoms with Crippen LogP contribution in [0.4, 0.5) is 0 Å². The molecular weight excluding hydrogens is 400 g/mol. The van der Waals surface area contributed by atoms with Crippen molar-refractivity contribution in [2.75, 3.05) is 13.1 Å². The van der Waals surface area contributed by atoms with E-state index in [1.165, 1.54) is 0 Å². The fraction of sp³-hybridized carbons (Fsp3) is 0.348. The highest BCUT2D eigenvalue weighted by atomic mass is 35.5. The standard InChI is InChI=1S/C23H27ClN4O2/c1-16(21-26-20-9-5-4-8-19(20)22(29)27-21)28(15-7-3-2-6-14-25)23(30)17-10-12-18(24)13-11-17/h4-5,8-13,16H,2-3,6-7,14-15,25H2,1H3,(H,26,27,29)/t16-/m1/s1. The Morgan fingerprint density at radius 2 is 1.80 bits per heavy atom. The van der Waals surface area contributed by atoms with Crippen molar-refractivity contribution in [1.29, 1.82) is 0 Å². The van der Waals surface area contributed by atoms with Gasteiger partial charge in [0.15, 0.2) is 0 Å². The van der Waals surface area contributed by atoms with Crippen molar-refractivity contribution in [3.8, 4) is 0 Å². The molecule has 0 bridgehead atoms. The van der Waals surface area contributed by atoms with Gasteiger partial charge in [-0.05, 0) is 62.7 Å². The van der Waals surface area contributed by atoms with Crippen molar-refractivity contribution < 1.29 is 4.79 Å². The Labute approximate surface area is 181 Å². The highest BCUT2D eigenvalue weighted by Crippen LogP contribution is 2.22. The molecule has 0 radical (unpaired) electrons. The molecule has 0 unspecified atom stereocenters. The number of hydrogen-bond donors (Lipinski definition) is 2. The Morgan fingerprint density at radius 3 is 2.53 bits per heavy atom. The molecule has 0 spiro atoms. The van der Waals surface area contributed by atoms with Gasteiger partial charge in [0, 0.05) is 17.1 Å². The Hall–Kier alpha value is -2.70. The van der Waals surface area contributed by atoms with Crippen LogP contribution in [0.5, 0.6) is 0 Å². The molecule has 158 valence electrons. The number of rotatable bonds is 9. The van der Waals surface area contributed by atoms with Crippen LogP contribution >= 0.6 is 11.6 Å². The number of fused-ring (bicyclic) bond motifs is 1. The van der Waals surface area contributed by atoms with Crippen LogP contribution in [-0.4, -0.2) is 33.9 Å². The minimum absolute atomic E-state index is 0.117. The molecule has 2 aromatic carbocycles. The quantitative estimate of drug-likeness (QED) is 0.499. The lowest BCUT2D eigenvalue weighted by Gasteiger charge is -2.29. The summed E-state index contributed by atoms with van der Waals surface area (Å²) in [4.78, 5) is 35.0. The molecule has 1 amide bonds. The molecule has 3 aromatic rings. The number of aromatic nitrogens is 2. The lowest BCUT2D eigenvalue weighted by molar-refractivity contribution is 0.0679. The minimum Gasteiger partial charge on any atom is -0.330 e. The SMILES string of the molecule is C[C@H](c1nc2ccccc2c(=O)[nH]1)N(CCCCCCN)C(=O)c1ccc(Cl)cc1. The topological polar surface area (TPSA) is 92.1 Å². The van der Waals surface area contributed by atoms with Gasteiger partial charge in [-0.25, -0.2) is 4.98 Å². The summed E-state index contributed by atoms with van der Waals surface area (Å²) in [6.45, 7) is 3.12. The number of carbonyl (C=O) groups excluding carboxylic acids is 1. The summed E-state index contributed by atoms with van der Waals surface area (Å²) in [6.07, 6.45) is 3.83. The first kappa shape index (κ1) is 22.0. The molecule has 0 fully saturated rings. The Bertz CT molecular complexity index is 1050. The van der Waals surface area contributed by atoms with Crippen molar-refractivity contribution in [2.45, 2.75) is 38.6 Å². The predicted molar refractivity (Wildman–Crippen MR) is 121 cm³/mol. The van der Waals surface area contributed by atoms with E-state index in [1.54, 1.807) is 47.4 Å². The van der Waals surface area contributed by atoms with Crippen LogP contribution in [0.3, 0.4) is 0 Å². The van der Waals surface area contributed by atoms with Crippen molar-refractivity contribution in [2.24, 2.45) is 5.73 Å². The van der Waals surface area contributed by atoms with E-state index >= 15 is 0 Å². The first-order valence-electron chi connectivity index (χ1n) is 10.3. The smallest absolute Gasteiger partial charge is 0.258 e. The molecule has 0 saturated heterocycles. The number of halogens is 1. The van der Waals surface area contributed by atoms with E-state index in [4.69, 9.17) is 17.3 Å². The summed E-state index contributed by atoms with van der Waals surface area (Å²) < 4.78 is 0. The first-order valence-corrected chi connectivity index (χ1v) is 10.6. The van der Waals surface area contributed by atoms with Crippen molar-refractivity contribution in [3.05, 3.63) is 75.3 Å². The first-order chi connectivity index (χ1) is 14.5. The number of carbonyl (C=O) groups is 1. The summed E-state index contributed by atoms with van der Waals surface area (Å²) in [6, 6.07) is 13.6. The molecule has 0 aliphatic heterocycles. The third kappa shape index (κ3) is 5.26. The van der Waals surface area contributed by atoms with Crippen molar-refractivity contribution in [1.82, 2.24) is 14.9 Å². The van der Waals surface area contributed by atoms with Gasteiger partial charge in [-0.2, -0.15) is 0 Å². The van der Waals surface area contributed by atoms with Gasteiger partial charge < -0.3 is 15.6 Å². The monoisotopic (exact) mass is 426 g/mol. The molecule has 6 nitrogen and oxygen atoms in total. The van der Waals surface area contributed by atoms with Crippen LogP contribution in [0.15, 0.2) is 53.3 Å². The number of hydrogen-bond acceptors (Lipinski definition) is 4. The average molecular weight is 427 g/mol.